The van der Waals surface area contributed by atoms with Crippen molar-refractivity contribution in [1.29, 1.82) is 0 Å². The molecule has 1 aliphatic heterocycles. The van der Waals surface area contributed by atoms with Crippen LogP contribution in [0.3, 0.4) is 0 Å². The highest BCUT2D eigenvalue weighted by atomic mass is 14.9. The standard InChI is InChI=1S/C10H14N2/c1-8-5-11-3-2-10(8)4-9-6-12-7-9/h2-3,5,9,12H,4,6-7H2,1H3. The molecule has 0 unspecified atom stereocenters. The molecule has 0 atom stereocenters. The van der Waals surface area contributed by atoms with Gasteiger partial charge in [0.25, 0.3) is 0 Å². The van der Waals surface area contributed by atoms with Gasteiger partial charge in [-0.15, -0.1) is 0 Å². The molecule has 1 fully saturated rings. The largest absolute Gasteiger partial charge is 0.316 e. The summed E-state index contributed by atoms with van der Waals surface area (Å²) in [5.74, 6) is 0.853. The van der Waals surface area contributed by atoms with Gasteiger partial charge in [-0.3, -0.25) is 4.98 Å². The third-order valence-corrected chi connectivity index (χ3v) is 2.51. The van der Waals surface area contributed by atoms with Crippen LogP contribution in [0.25, 0.3) is 0 Å². The Hall–Kier alpha value is -0.890. The minimum absolute atomic E-state index is 0.853. The second-order valence-corrected chi connectivity index (χ2v) is 3.53. The highest BCUT2D eigenvalue weighted by Crippen LogP contribution is 2.14. The average molecular weight is 162 g/mol. The van der Waals surface area contributed by atoms with Crippen molar-refractivity contribution in [3.8, 4) is 0 Å². The number of nitrogens with zero attached hydrogens (tertiary/aromatic N) is 1. The minimum atomic E-state index is 0.853. The SMILES string of the molecule is Cc1cnccc1CC1CNC1. The van der Waals surface area contributed by atoms with Crippen LogP contribution in [-0.2, 0) is 6.42 Å². The van der Waals surface area contributed by atoms with Gasteiger partial charge >= 0.3 is 0 Å². The van der Waals surface area contributed by atoms with E-state index >= 15 is 0 Å². The van der Waals surface area contributed by atoms with Gasteiger partial charge in [-0.2, -0.15) is 0 Å². The summed E-state index contributed by atoms with van der Waals surface area (Å²) in [6.07, 6.45) is 5.04. The van der Waals surface area contributed by atoms with E-state index in [9.17, 15) is 0 Å². The van der Waals surface area contributed by atoms with Crippen molar-refractivity contribution in [2.45, 2.75) is 13.3 Å². The normalized spacial score (nSPS) is 17.4. The van der Waals surface area contributed by atoms with Crippen molar-refractivity contribution in [3.05, 3.63) is 29.6 Å². The Labute approximate surface area is 73.0 Å². The summed E-state index contributed by atoms with van der Waals surface area (Å²) < 4.78 is 0. The van der Waals surface area contributed by atoms with Gasteiger partial charge < -0.3 is 5.32 Å². The Balaban J connectivity index is 2.06. The van der Waals surface area contributed by atoms with E-state index in [0.717, 1.165) is 5.92 Å². The molecule has 0 aliphatic carbocycles. The topological polar surface area (TPSA) is 24.9 Å². The first-order valence-corrected chi connectivity index (χ1v) is 4.46. The lowest BCUT2D eigenvalue weighted by atomic mass is 9.93. The smallest absolute Gasteiger partial charge is 0.0299 e. The van der Waals surface area contributed by atoms with Crippen LogP contribution >= 0.6 is 0 Å². The molecule has 0 radical (unpaired) electrons. The lowest BCUT2D eigenvalue weighted by Gasteiger charge is -2.27. The maximum absolute atomic E-state index is 4.08. The van der Waals surface area contributed by atoms with Crippen molar-refractivity contribution in [3.63, 3.8) is 0 Å². The Morgan fingerprint density at radius 2 is 2.42 bits per heavy atom. The molecule has 1 N–H and O–H groups in total. The second kappa shape index (κ2) is 3.23. The number of hydrogen-bond acceptors (Lipinski definition) is 2. The van der Waals surface area contributed by atoms with E-state index in [2.05, 4.69) is 23.3 Å². The Kier molecular flexibility index (Phi) is 2.09. The summed E-state index contributed by atoms with van der Waals surface area (Å²) in [6.45, 7) is 4.50. The molecule has 2 heteroatoms. The molecule has 2 rings (SSSR count). The zero-order valence-corrected chi connectivity index (χ0v) is 7.38. The van der Waals surface area contributed by atoms with E-state index in [1.54, 1.807) is 0 Å². The maximum Gasteiger partial charge on any atom is 0.0299 e. The van der Waals surface area contributed by atoms with Crippen LogP contribution in [-0.4, -0.2) is 18.1 Å². The summed E-state index contributed by atoms with van der Waals surface area (Å²) in [5, 5.41) is 3.29. The highest BCUT2D eigenvalue weighted by molar-refractivity contribution is 5.22. The number of hydrogen-bond donors (Lipinski definition) is 1. The summed E-state index contributed by atoms with van der Waals surface area (Å²) in [5.41, 5.74) is 2.78. The predicted octanol–water partition coefficient (Wildman–Crippen LogP) is 1.15. The quantitative estimate of drug-likeness (QED) is 0.705. The van der Waals surface area contributed by atoms with Crippen molar-refractivity contribution in [1.82, 2.24) is 10.3 Å². The maximum atomic E-state index is 4.08. The van der Waals surface area contributed by atoms with E-state index in [1.807, 2.05) is 12.4 Å². The molecular formula is C10H14N2. The summed E-state index contributed by atoms with van der Waals surface area (Å²) in [6, 6.07) is 2.13. The van der Waals surface area contributed by atoms with Gasteiger partial charge in [0.2, 0.25) is 0 Å². The first kappa shape index (κ1) is 7.74. The highest BCUT2D eigenvalue weighted by Gasteiger charge is 2.17. The van der Waals surface area contributed by atoms with Gasteiger partial charge in [-0.25, -0.2) is 0 Å². The van der Waals surface area contributed by atoms with E-state index in [1.165, 1.54) is 30.6 Å². The minimum Gasteiger partial charge on any atom is -0.316 e. The molecule has 0 spiro atoms. The third kappa shape index (κ3) is 1.48. The predicted molar refractivity (Wildman–Crippen MR) is 49.0 cm³/mol. The molecule has 0 amide bonds. The second-order valence-electron chi connectivity index (χ2n) is 3.53. The van der Waals surface area contributed by atoms with E-state index in [0.29, 0.717) is 0 Å². The van der Waals surface area contributed by atoms with E-state index < -0.39 is 0 Å². The molecular weight excluding hydrogens is 148 g/mol. The molecule has 1 aromatic rings. The van der Waals surface area contributed by atoms with E-state index in [-0.39, 0.29) is 0 Å². The van der Waals surface area contributed by atoms with Gasteiger partial charge in [-0.1, -0.05) is 0 Å². The average Bonchev–Trinajstić information content (AvgIpc) is 2.00. The van der Waals surface area contributed by atoms with Crippen molar-refractivity contribution in [2.24, 2.45) is 5.92 Å². The van der Waals surface area contributed by atoms with Crippen LogP contribution < -0.4 is 5.32 Å². The lowest BCUT2D eigenvalue weighted by Crippen LogP contribution is -2.43. The summed E-state index contributed by atoms with van der Waals surface area (Å²) >= 11 is 0. The summed E-state index contributed by atoms with van der Waals surface area (Å²) in [7, 11) is 0. The fraction of sp³-hybridized carbons (Fsp3) is 0.500. The molecule has 12 heavy (non-hydrogen) atoms. The molecule has 1 aromatic heterocycles. The molecule has 64 valence electrons. The van der Waals surface area contributed by atoms with Crippen molar-refractivity contribution in [2.75, 3.05) is 13.1 Å². The first-order chi connectivity index (χ1) is 5.86. The zero-order valence-electron chi connectivity index (χ0n) is 7.38. The van der Waals surface area contributed by atoms with Gasteiger partial charge in [0.05, 0.1) is 0 Å². The van der Waals surface area contributed by atoms with Crippen molar-refractivity contribution < 1.29 is 0 Å². The molecule has 1 saturated heterocycles. The van der Waals surface area contributed by atoms with Crippen molar-refractivity contribution >= 4 is 0 Å². The van der Waals surface area contributed by atoms with Crippen LogP contribution in [0.1, 0.15) is 11.1 Å². The number of aromatic nitrogens is 1. The van der Waals surface area contributed by atoms with Gasteiger partial charge in [0.15, 0.2) is 0 Å². The van der Waals surface area contributed by atoms with Crippen LogP contribution in [0.5, 0.6) is 0 Å². The van der Waals surface area contributed by atoms with Gasteiger partial charge in [-0.05, 0) is 49.5 Å². The lowest BCUT2D eigenvalue weighted by molar-refractivity contribution is 0.346. The first-order valence-electron chi connectivity index (χ1n) is 4.46. The molecule has 0 aromatic carbocycles. The molecule has 2 heterocycles. The van der Waals surface area contributed by atoms with Crippen LogP contribution in [0.15, 0.2) is 18.5 Å². The Morgan fingerprint density at radius 1 is 1.58 bits per heavy atom. The summed E-state index contributed by atoms with van der Waals surface area (Å²) in [4.78, 5) is 4.08. The van der Waals surface area contributed by atoms with Crippen LogP contribution in [0.4, 0.5) is 0 Å². The zero-order chi connectivity index (χ0) is 8.39. The van der Waals surface area contributed by atoms with Gasteiger partial charge in [0.1, 0.15) is 0 Å². The molecule has 0 saturated carbocycles. The Bertz CT molecular complexity index is 266. The molecule has 1 aliphatic rings. The number of aryl methyl sites for hydroxylation is 1. The number of nitrogens with one attached hydrogen (secondary N) is 1. The van der Waals surface area contributed by atoms with Gasteiger partial charge in [0, 0.05) is 12.4 Å². The van der Waals surface area contributed by atoms with Crippen LogP contribution in [0, 0.1) is 12.8 Å². The van der Waals surface area contributed by atoms with E-state index in [4.69, 9.17) is 0 Å². The molecule has 0 bridgehead atoms. The molecule has 2 nitrogen and oxygen atoms in total. The third-order valence-electron chi connectivity index (χ3n) is 2.51. The monoisotopic (exact) mass is 162 g/mol. The van der Waals surface area contributed by atoms with Crippen LogP contribution in [0.2, 0.25) is 0 Å². The number of pyridine rings is 1. The number of rotatable bonds is 2. The fourth-order valence-electron chi connectivity index (χ4n) is 1.54. The Morgan fingerprint density at radius 3 is 3.00 bits per heavy atom. The fourth-order valence-corrected chi connectivity index (χ4v) is 1.54.